The molecule has 1 unspecified atom stereocenters. The molecular formula is C11H12N2O2. The minimum Gasteiger partial charge on any atom is -0.459 e. The van der Waals surface area contributed by atoms with Gasteiger partial charge in [-0.1, -0.05) is 0 Å². The molecule has 0 radical (unpaired) electrons. The lowest BCUT2D eigenvalue weighted by Crippen LogP contribution is -2.35. The van der Waals surface area contributed by atoms with Gasteiger partial charge in [-0.3, -0.25) is 4.79 Å². The molecule has 0 saturated heterocycles. The quantitative estimate of drug-likeness (QED) is 0.813. The Morgan fingerprint density at radius 3 is 2.93 bits per heavy atom. The van der Waals surface area contributed by atoms with Gasteiger partial charge in [0.25, 0.3) is 5.91 Å². The number of rotatable bonds is 3. The van der Waals surface area contributed by atoms with E-state index < -0.39 is 0 Å². The Labute approximate surface area is 87.9 Å². The van der Waals surface area contributed by atoms with Crippen LogP contribution in [0.3, 0.4) is 0 Å². The maximum Gasteiger partial charge on any atom is 0.288 e. The second-order valence-corrected chi connectivity index (χ2v) is 3.85. The van der Waals surface area contributed by atoms with Crippen molar-refractivity contribution in [3.63, 3.8) is 0 Å². The van der Waals surface area contributed by atoms with Crippen LogP contribution < -0.4 is 5.32 Å². The van der Waals surface area contributed by atoms with Gasteiger partial charge >= 0.3 is 0 Å². The van der Waals surface area contributed by atoms with E-state index in [1.807, 2.05) is 0 Å². The third-order valence-electron chi connectivity index (χ3n) is 2.59. The molecule has 1 fully saturated rings. The minimum atomic E-state index is -0.373. The van der Waals surface area contributed by atoms with Gasteiger partial charge in [0.15, 0.2) is 5.76 Å². The highest BCUT2D eigenvalue weighted by atomic mass is 16.3. The average molecular weight is 204 g/mol. The number of nitriles is 1. The van der Waals surface area contributed by atoms with Crippen LogP contribution in [0.15, 0.2) is 16.7 Å². The second-order valence-electron chi connectivity index (χ2n) is 3.85. The summed E-state index contributed by atoms with van der Waals surface area (Å²) in [5.41, 5.74) is 0.792. The summed E-state index contributed by atoms with van der Waals surface area (Å²) in [5, 5.41) is 11.5. The smallest absolute Gasteiger partial charge is 0.288 e. The fraction of sp³-hybridized carbons (Fsp3) is 0.455. The van der Waals surface area contributed by atoms with E-state index in [0.29, 0.717) is 11.7 Å². The molecule has 4 nitrogen and oxygen atoms in total. The number of nitrogens with zero attached hydrogens (tertiary/aromatic N) is 1. The third kappa shape index (κ3) is 2.01. The SMILES string of the molecule is Cc1ccoc1C(=O)NC(C#N)C1CC1. The van der Waals surface area contributed by atoms with E-state index >= 15 is 0 Å². The molecule has 1 aliphatic carbocycles. The maximum atomic E-state index is 11.7. The van der Waals surface area contributed by atoms with Crippen molar-refractivity contribution in [1.29, 1.82) is 5.26 Å². The molecule has 78 valence electrons. The second kappa shape index (κ2) is 3.77. The van der Waals surface area contributed by atoms with Gasteiger partial charge in [-0.2, -0.15) is 5.26 Å². The molecule has 0 spiro atoms. The van der Waals surface area contributed by atoms with Gasteiger partial charge in [-0.05, 0) is 31.7 Å². The van der Waals surface area contributed by atoms with E-state index in [-0.39, 0.29) is 11.9 Å². The number of nitrogens with one attached hydrogen (secondary N) is 1. The summed E-state index contributed by atoms with van der Waals surface area (Å²) < 4.78 is 5.05. The zero-order valence-corrected chi connectivity index (χ0v) is 8.49. The standard InChI is InChI=1S/C11H12N2O2/c1-7-4-5-15-10(7)11(14)13-9(6-12)8-2-3-8/h4-5,8-9H,2-3H2,1H3,(H,13,14). The predicted molar refractivity (Wildman–Crippen MR) is 53.0 cm³/mol. The number of carbonyl (C=O) groups excluding carboxylic acids is 1. The van der Waals surface area contributed by atoms with Crippen LogP contribution in [0.5, 0.6) is 0 Å². The molecule has 1 aliphatic rings. The lowest BCUT2D eigenvalue weighted by atomic mass is 10.2. The molecular weight excluding hydrogens is 192 g/mol. The van der Waals surface area contributed by atoms with Crippen molar-refractivity contribution in [3.8, 4) is 6.07 Å². The van der Waals surface area contributed by atoms with Gasteiger partial charge in [-0.15, -0.1) is 0 Å². The first kappa shape index (κ1) is 9.78. The highest BCUT2D eigenvalue weighted by molar-refractivity contribution is 5.93. The van der Waals surface area contributed by atoms with Crippen LogP contribution in [0, 0.1) is 24.2 Å². The molecule has 0 bridgehead atoms. The van der Waals surface area contributed by atoms with E-state index in [1.54, 1.807) is 13.0 Å². The number of carbonyl (C=O) groups is 1. The van der Waals surface area contributed by atoms with E-state index in [0.717, 1.165) is 18.4 Å². The fourth-order valence-electron chi connectivity index (χ4n) is 1.50. The van der Waals surface area contributed by atoms with Crippen LogP contribution >= 0.6 is 0 Å². The van der Waals surface area contributed by atoms with Crippen LogP contribution in [-0.4, -0.2) is 11.9 Å². The summed E-state index contributed by atoms with van der Waals surface area (Å²) in [5.74, 6) is 0.334. The Morgan fingerprint density at radius 2 is 2.47 bits per heavy atom. The highest BCUT2D eigenvalue weighted by Crippen LogP contribution is 2.32. The fourth-order valence-corrected chi connectivity index (χ4v) is 1.50. The number of amides is 1. The molecule has 1 aromatic rings. The Hall–Kier alpha value is -1.76. The van der Waals surface area contributed by atoms with Gasteiger partial charge in [0.1, 0.15) is 6.04 Å². The summed E-state index contributed by atoms with van der Waals surface area (Å²) in [6.45, 7) is 1.80. The molecule has 4 heteroatoms. The summed E-state index contributed by atoms with van der Waals surface area (Å²) >= 11 is 0. The number of hydrogen-bond acceptors (Lipinski definition) is 3. The van der Waals surface area contributed by atoms with Crippen LogP contribution in [0.4, 0.5) is 0 Å². The Balaban J connectivity index is 2.03. The number of hydrogen-bond donors (Lipinski definition) is 1. The molecule has 1 saturated carbocycles. The average Bonchev–Trinajstić information content (AvgIpc) is 2.97. The van der Waals surface area contributed by atoms with Crippen molar-refractivity contribution in [2.45, 2.75) is 25.8 Å². The molecule has 1 heterocycles. The molecule has 0 aromatic carbocycles. The Morgan fingerprint density at radius 1 is 1.73 bits per heavy atom. The van der Waals surface area contributed by atoms with E-state index in [1.165, 1.54) is 6.26 Å². The number of aryl methyl sites for hydroxylation is 1. The van der Waals surface area contributed by atoms with E-state index in [9.17, 15) is 4.79 Å². The van der Waals surface area contributed by atoms with Gasteiger partial charge in [-0.25, -0.2) is 0 Å². The molecule has 1 aromatic heterocycles. The molecule has 2 rings (SSSR count). The maximum absolute atomic E-state index is 11.7. The van der Waals surface area contributed by atoms with Crippen molar-refractivity contribution in [1.82, 2.24) is 5.32 Å². The summed E-state index contributed by atoms with van der Waals surface area (Å²) in [7, 11) is 0. The lowest BCUT2D eigenvalue weighted by Gasteiger charge is -2.08. The highest BCUT2D eigenvalue weighted by Gasteiger charge is 2.33. The van der Waals surface area contributed by atoms with Gasteiger partial charge < -0.3 is 9.73 Å². The molecule has 15 heavy (non-hydrogen) atoms. The first-order valence-corrected chi connectivity index (χ1v) is 4.97. The molecule has 1 atom stereocenters. The van der Waals surface area contributed by atoms with E-state index in [4.69, 9.17) is 9.68 Å². The lowest BCUT2D eigenvalue weighted by molar-refractivity contribution is 0.0913. The van der Waals surface area contributed by atoms with Crippen molar-refractivity contribution in [2.75, 3.05) is 0 Å². The van der Waals surface area contributed by atoms with Crippen molar-refractivity contribution in [3.05, 3.63) is 23.7 Å². The minimum absolute atomic E-state index is 0.295. The van der Waals surface area contributed by atoms with Crippen molar-refractivity contribution < 1.29 is 9.21 Å². The first-order chi connectivity index (χ1) is 7.22. The zero-order chi connectivity index (χ0) is 10.8. The van der Waals surface area contributed by atoms with Gasteiger partial charge in [0, 0.05) is 5.56 Å². The summed E-state index contributed by atoms with van der Waals surface area (Å²) in [6, 6.07) is 3.46. The van der Waals surface area contributed by atoms with Crippen LogP contribution in [0.2, 0.25) is 0 Å². The van der Waals surface area contributed by atoms with Crippen LogP contribution in [-0.2, 0) is 0 Å². The van der Waals surface area contributed by atoms with Crippen molar-refractivity contribution >= 4 is 5.91 Å². The monoisotopic (exact) mass is 204 g/mol. The largest absolute Gasteiger partial charge is 0.459 e. The first-order valence-electron chi connectivity index (χ1n) is 4.97. The topological polar surface area (TPSA) is 66.0 Å². The summed E-state index contributed by atoms with van der Waals surface area (Å²) in [6.07, 6.45) is 3.52. The van der Waals surface area contributed by atoms with Crippen molar-refractivity contribution in [2.24, 2.45) is 5.92 Å². The summed E-state index contributed by atoms with van der Waals surface area (Å²) in [4.78, 5) is 11.7. The van der Waals surface area contributed by atoms with Gasteiger partial charge in [0.05, 0.1) is 12.3 Å². The zero-order valence-electron chi connectivity index (χ0n) is 8.49. The molecule has 1 N–H and O–H groups in total. The van der Waals surface area contributed by atoms with E-state index in [2.05, 4.69) is 11.4 Å². The molecule has 0 aliphatic heterocycles. The number of furan rings is 1. The van der Waals surface area contributed by atoms with Crippen LogP contribution in [0.25, 0.3) is 0 Å². The third-order valence-corrected chi connectivity index (χ3v) is 2.59. The Kier molecular flexibility index (Phi) is 2.46. The predicted octanol–water partition coefficient (Wildman–Crippen LogP) is 1.62. The normalized spacial score (nSPS) is 16.8. The van der Waals surface area contributed by atoms with Gasteiger partial charge in [0.2, 0.25) is 0 Å². The Bertz CT molecular complexity index is 412. The molecule has 1 amide bonds. The van der Waals surface area contributed by atoms with Crippen LogP contribution in [0.1, 0.15) is 29.0 Å².